The number of amides is 12. The Hall–Kier alpha value is -7.25. The predicted molar refractivity (Wildman–Crippen MR) is 434 cm³/mol. The molecule has 0 spiro atoms. The monoisotopic (exact) mass is 1650 g/mol. The highest BCUT2D eigenvalue weighted by molar-refractivity contribution is 7.98. The Bertz CT molecular complexity index is 3410. The van der Waals surface area contributed by atoms with Crippen LogP contribution < -0.4 is 80.6 Å². The van der Waals surface area contributed by atoms with Gasteiger partial charge >= 0.3 is 5.97 Å². The lowest BCUT2D eigenvalue weighted by molar-refractivity contribution is -0.139. The van der Waals surface area contributed by atoms with Crippen LogP contribution in [0, 0.1) is 35.0 Å². The van der Waals surface area contributed by atoms with E-state index in [2.05, 4.69) is 69.1 Å². The van der Waals surface area contributed by atoms with E-state index in [9.17, 15) is 73.5 Å². The molecule has 35 heteroatoms. The van der Waals surface area contributed by atoms with E-state index < -0.39 is 192 Å². The first-order chi connectivity index (χ1) is 54.7. The number of aliphatic hydroxyl groups excluding tert-OH is 4. The highest BCUT2D eigenvalue weighted by atomic mass is 32.2. The molecular weight excluding hydrogens is 1520 g/mol. The van der Waals surface area contributed by atoms with E-state index in [0.717, 1.165) is 36.9 Å². The molecule has 5 fully saturated rings. The lowest BCUT2D eigenvalue weighted by Gasteiger charge is -2.34. The van der Waals surface area contributed by atoms with Gasteiger partial charge in [-0.3, -0.25) is 62.3 Å². The van der Waals surface area contributed by atoms with Crippen molar-refractivity contribution < 1.29 is 87.9 Å². The number of hydrogen-bond donors (Lipinski definition) is 20. The highest BCUT2D eigenvalue weighted by Gasteiger charge is 2.45. The Morgan fingerprint density at radius 3 is 1.58 bits per heavy atom. The molecule has 1 aromatic rings. The molecular formula is C80H131N15O18S2. The van der Waals surface area contributed by atoms with E-state index in [0.29, 0.717) is 120 Å². The van der Waals surface area contributed by atoms with Gasteiger partial charge in [-0.15, -0.1) is 0 Å². The smallest absolute Gasteiger partial charge is 0.303 e. The topological polar surface area (TPSA) is 531 Å². The van der Waals surface area contributed by atoms with Crippen LogP contribution in [0.1, 0.15) is 220 Å². The summed E-state index contributed by atoms with van der Waals surface area (Å²) < 4.78 is 0. The molecule has 3 aliphatic heterocycles. The van der Waals surface area contributed by atoms with Gasteiger partial charge in [-0.25, -0.2) is 0 Å². The van der Waals surface area contributed by atoms with Gasteiger partial charge in [0, 0.05) is 35.9 Å². The van der Waals surface area contributed by atoms with Crippen LogP contribution in [0.3, 0.4) is 0 Å². The molecule has 3 heterocycles. The van der Waals surface area contributed by atoms with Gasteiger partial charge in [0.2, 0.25) is 70.9 Å². The molecule has 2 saturated heterocycles. The second-order valence-electron chi connectivity index (χ2n) is 33.6. The number of thioether (sulfide) groups is 2. The Balaban J connectivity index is 1.24. The van der Waals surface area contributed by atoms with Gasteiger partial charge in [-0.05, 0) is 208 Å². The SMILES string of the molecule is CCC[C@@H]1NC(=O)[C@H](CC2CNC3NCCCC23)NC(=O)[C@H]([C@@H](C)O)NC(=O)[C@H](CCC(=O)O)NC(=O)[C@H](CC2CCC(O)CC2)NC(=O)[C@H](C(C)(C)C)NC(=O)CCSCc2cccc(c2)CSC[C@@H](C(N)=O)NC(=O)[C@H]([C@@H](C)O)NC(=O)[C@H](C2CCCCC2)NC(=O)[C@H](CC2CCC(O)CC2)NC(=O)[C@H](CCCCN)NC1=O. The van der Waals surface area contributed by atoms with Gasteiger partial charge < -0.3 is 106 Å². The minimum absolute atomic E-state index is 0.00326. The van der Waals surface area contributed by atoms with Crippen molar-refractivity contribution in [3.05, 3.63) is 35.4 Å². The van der Waals surface area contributed by atoms with Crippen molar-refractivity contribution in [1.29, 1.82) is 0 Å². The first-order valence-corrected chi connectivity index (χ1v) is 44.0. The molecule has 115 heavy (non-hydrogen) atoms. The van der Waals surface area contributed by atoms with Crippen LogP contribution in [0.4, 0.5) is 0 Å². The number of aliphatic carboxylic acids is 1. The maximum absolute atomic E-state index is 15.2. The lowest BCUT2D eigenvalue weighted by atomic mass is 9.82. The van der Waals surface area contributed by atoms with Gasteiger partial charge in [0.05, 0.1) is 30.6 Å². The van der Waals surface area contributed by atoms with Gasteiger partial charge in [-0.2, -0.15) is 23.5 Å². The summed E-state index contributed by atoms with van der Waals surface area (Å²) >= 11 is 2.74. The standard InChI is InChI=1S/C80H131N15O18S2/c1-7-15-55-70(104)86-56(21-11-12-33-81)71(105)88-59(38-47-24-28-53(99)29-25-47)75(109)95-66(50-18-9-8-10-19-50)78(112)94-65(45(3)97)77(111)91-61(68(82)103)43-115-42-49-17-13-16-48(36-49)41-114-35-32-62(100)92-67(80(4,5)6)79(113)90-58(37-46-22-26-52(98)27-23-46)73(107)87-57(30-31-63(101)102)72(106)93-64(44(2)96)76(110)89-60(74(108)85-55)39-51-40-84-69-54(51)20-14-34-83-69/h13,16-17,36,44-47,50-61,64-67,69,83-84,96-99H,7-12,14-15,18-35,37-43,81H2,1-6H3,(H2,82,103)(H,85,108)(H,86,104)(H,87,107)(H,88,105)(H,89,110)(H,90,113)(H,91,111)(H,92,100)(H,93,106)(H,94,112)(H,95,109)(H,101,102)/t44-,45-,46?,47?,51?,52?,53?,54?,55+,56+,57+,58+,59+,60+,61+,64+,65+,66+,67-,69?/m1/s1. The Kier molecular flexibility index (Phi) is 39.1. The second kappa shape index (κ2) is 47.4. The third-order valence-corrected chi connectivity index (χ3v) is 25.3. The number of unbranched alkanes of at least 4 members (excludes halogenated alkanes) is 1. The molecule has 3 aliphatic carbocycles. The quantitative estimate of drug-likeness (QED) is 0.0832. The largest absolute Gasteiger partial charge is 0.481 e. The van der Waals surface area contributed by atoms with Crippen LogP contribution in [-0.4, -0.2) is 231 Å². The third-order valence-electron chi connectivity index (χ3n) is 23.2. The summed E-state index contributed by atoms with van der Waals surface area (Å²) in [7, 11) is 0. The number of aliphatic hydroxyl groups is 4. The molecule has 6 aliphatic rings. The summed E-state index contributed by atoms with van der Waals surface area (Å²) in [5.41, 5.74) is 12.7. The van der Waals surface area contributed by atoms with E-state index in [1.54, 1.807) is 27.7 Å². The van der Waals surface area contributed by atoms with Crippen LogP contribution in [0.15, 0.2) is 24.3 Å². The average Bonchev–Trinajstić information content (AvgIpc) is 1.73. The lowest BCUT2D eigenvalue weighted by Crippen LogP contribution is -2.63. The number of carboxylic acid groups (broad SMARTS) is 1. The maximum atomic E-state index is 15.2. The van der Waals surface area contributed by atoms with Crippen molar-refractivity contribution in [2.45, 2.75) is 317 Å². The molecule has 33 nitrogen and oxygen atoms in total. The minimum Gasteiger partial charge on any atom is -0.481 e. The van der Waals surface area contributed by atoms with E-state index in [-0.39, 0.29) is 80.7 Å². The number of piperidine rings is 1. The van der Waals surface area contributed by atoms with E-state index in [1.165, 1.54) is 37.4 Å². The van der Waals surface area contributed by atoms with Gasteiger partial charge in [0.15, 0.2) is 0 Å². The third kappa shape index (κ3) is 30.9. The number of benzene rings is 1. The zero-order chi connectivity index (χ0) is 84.1. The molecule has 7 rings (SSSR count). The Labute approximate surface area is 684 Å². The van der Waals surface area contributed by atoms with Gasteiger partial charge in [-0.1, -0.05) is 77.6 Å². The molecule has 12 amide bonds. The van der Waals surface area contributed by atoms with Gasteiger partial charge in [0.1, 0.15) is 66.5 Å². The summed E-state index contributed by atoms with van der Waals surface area (Å²) in [6, 6.07) is -8.35. The number of carboxylic acids is 1. The van der Waals surface area contributed by atoms with Crippen molar-refractivity contribution in [2.24, 2.45) is 46.5 Å². The van der Waals surface area contributed by atoms with Crippen LogP contribution in [0.2, 0.25) is 0 Å². The Morgan fingerprint density at radius 1 is 0.539 bits per heavy atom. The van der Waals surface area contributed by atoms with E-state index in [1.807, 2.05) is 24.3 Å². The van der Waals surface area contributed by atoms with Crippen molar-refractivity contribution in [3.63, 3.8) is 0 Å². The highest BCUT2D eigenvalue weighted by Crippen LogP contribution is 2.34. The molecule has 3 unspecified atom stereocenters. The van der Waals surface area contributed by atoms with Crippen LogP contribution in [0.25, 0.3) is 0 Å². The zero-order valence-corrected chi connectivity index (χ0v) is 69.4. The maximum Gasteiger partial charge on any atom is 0.303 e. The van der Waals surface area contributed by atoms with Crippen LogP contribution in [0.5, 0.6) is 0 Å². The minimum atomic E-state index is -1.86. The molecule has 0 aromatic heterocycles. The first-order valence-electron chi connectivity index (χ1n) is 41.7. The molecule has 646 valence electrons. The van der Waals surface area contributed by atoms with E-state index in [4.69, 9.17) is 11.5 Å². The fourth-order valence-electron chi connectivity index (χ4n) is 16.5. The van der Waals surface area contributed by atoms with Crippen LogP contribution >= 0.6 is 23.5 Å². The predicted octanol–water partition coefficient (Wildman–Crippen LogP) is 0.374. The summed E-state index contributed by atoms with van der Waals surface area (Å²) in [5, 5.41) is 90.8. The Morgan fingerprint density at radius 2 is 1.03 bits per heavy atom. The van der Waals surface area contributed by atoms with Crippen molar-refractivity contribution in [1.82, 2.24) is 69.1 Å². The molecule has 3 saturated carbocycles. The molecule has 1 aromatic carbocycles. The van der Waals surface area contributed by atoms with Crippen molar-refractivity contribution in [3.8, 4) is 0 Å². The molecule has 2 bridgehead atoms. The number of carbonyl (C=O) groups excluding carboxylic acids is 12. The summed E-state index contributed by atoms with van der Waals surface area (Å²) in [4.78, 5) is 188. The number of carbonyl (C=O) groups is 13. The van der Waals surface area contributed by atoms with E-state index >= 15 is 14.4 Å². The molecule has 22 N–H and O–H groups in total. The number of primary amides is 1. The zero-order valence-electron chi connectivity index (χ0n) is 67.8. The summed E-state index contributed by atoms with van der Waals surface area (Å²) in [6.07, 6.45) is 3.72. The fourth-order valence-corrected chi connectivity index (χ4v) is 18.4. The molecule has 16 atom stereocenters. The fraction of sp³-hybridized carbons (Fsp3) is 0.762. The average molecular weight is 1660 g/mol. The first kappa shape index (κ1) is 94.9. The van der Waals surface area contributed by atoms with Gasteiger partial charge in [0.25, 0.3) is 0 Å². The summed E-state index contributed by atoms with van der Waals surface area (Å²) in [6.45, 7) is 10.8. The number of fused-ring (bicyclic) bond motifs is 3. The molecule has 0 radical (unpaired) electrons. The summed E-state index contributed by atoms with van der Waals surface area (Å²) in [5.74, 6) is -11.5. The number of hydrogen-bond acceptors (Lipinski definition) is 22. The van der Waals surface area contributed by atoms with Crippen molar-refractivity contribution in [2.75, 3.05) is 31.1 Å². The number of nitrogens with one attached hydrogen (secondary N) is 13. The number of nitrogens with two attached hydrogens (primary N) is 2. The second-order valence-corrected chi connectivity index (χ2v) is 35.8. The van der Waals surface area contributed by atoms with Crippen molar-refractivity contribution >= 4 is 100 Å². The number of rotatable bonds is 19. The van der Waals surface area contributed by atoms with Crippen LogP contribution in [-0.2, 0) is 73.8 Å². The normalized spacial score (nSPS) is 31.7.